The molecule has 2 rings (SSSR count). The summed E-state index contributed by atoms with van der Waals surface area (Å²) in [6.45, 7) is 7.55. The standard InChI is InChI=1S/C18H20N2O3/c1-11-8-9-15(10-12(11)2)14(4)19-18(21)16-6-5-7-17(13(16)3)20(22)23/h5-10,14H,1-4H3,(H,19,21). The summed E-state index contributed by atoms with van der Waals surface area (Å²) in [5.41, 5.74) is 4.02. The van der Waals surface area contributed by atoms with Crippen LogP contribution in [0.3, 0.4) is 0 Å². The van der Waals surface area contributed by atoms with Crippen molar-refractivity contribution >= 4 is 11.6 Å². The molecule has 23 heavy (non-hydrogen) atoms. The minimum Gasteiger partial charge on any atom is -0.346 e. The number of benzene rings is 2. The first-order valence-corrected chi connectivity index (χ1v) is 7.43. The van der Waals surface area contributed by atoms with Crippen LogP contribution >= 0.6 is 0 Å². The van der Waals surface area contributed by atoms with Crippen LogP contribution in [0.4, 0.5) is 5.69 Å². The molecule has 5 nitrogen and oxygen atoms in total. The maximum atomic E-state index is 12.4. The van der Waals surface area contributed by atoms with Crippen molar-refractivity contribution in [3.05, 3.63) is 74.3 Å². The highest BCUT2D eigenvalue weighted by Gasteiger charge is 2.19. The number of carbonyl (C=O) groups excluding carboxylic acids is 1. The summed E-state index contributed by atoms with van der Waals surface area (Å²) in [5.74, 6) is -0.308. The monoisotopic (exact) mass is 312 g/mol. The molecule has 2 aromatic carbocycles. The van der Waals surface area contributed by atoms with Crippen LogP contribution in [-0.2, 0) is 0 Å². The Hall–Kier alpha value is -2.69. The SMILES string of the molecule is Cc1ccc(C(C)NC(=O)c2cccc([N+](=O)[O-])c2C)cc1C. The van der Waals surface area contributed by atoms with Crippen molar-refractivity contribution in [2.75, 3.05) is 0 Å². The van der Waals surface area contributed by atoms with Crippen LogP contribution in [-0.4, -0.2) is 10.8 Å². The quantitative estimate of drug-likeness (QED) is 0.685. The van der Waals surface area contributed by atoms with Gasteiger partial charge in [0.25, 0.3) is 11.6 Å². The molecule has 0 aliphatic rings. The average molecular weight is 312 g/mol. The largest absolute Gasteiger partial charge is 0.346 e. The molecule has 0 spiro atoms. The summed E-state index contributed by atoms with van der Waals surface area (Å²) >= 11 is 0. The van der Waals surface area contributed by atoms with Gasteiger partial charge in [0.15, 0.2) is 0 Å². The lowest BCUT2D eigenvalue weighted by molar-refractivity contribution is -0.385. The van der Waals surface area contributed by atoms with Gasteiger partial charge in [-0.05, 0) is 50.5 Å². The van der Waals surface area contributed by atoms with Crippen LogP contribution in [0.15, 0.2) is 36.4 Å². The van der Waals surface area contributed by atoms with Crippen molar-refractivity contribution in [3.63, 3.8) is 0 Å². The molecular weight excluding hydrogens is 292 g/mol. The molecule has 0 aromatic heterocycles. The minimum absolute atomic E-state index is 0.0449. The number of hydrogen-bond acceptors (Lipinski definition) is 3. The zero-order chi connectivity index (χ0) is 17.1. The number of rotatable bonds is 4. The Morgan fingerprint density at radius 3 is 2.43 bits per heavy atom. The molecule has 0 fully saturated rings. The number of hydrogen-bond donors (Lipinski definition) is 1. The Kier molecular flexibility index (Phi) is 4.79. The molecule has 120 valence electrons. The maximum Gasteiger partial charge on any atom is 0.273 e. The second-order valence-electron chi connectivity index (χ2n) is 5.75. The number of nitrogens with one attached hydrogen (secondary N) is 1. The Bertz CT molecular complexity index is 769. The van der Waals surface area contributed by atoms with Gasteiger partial charge in [-0.2, -0.15) is 0 Å². The Labute approximate surface area is 135 Å². The lowest BCUT2D eigenvalue weighted by Crippen LogP contribution is -2.27. The molecule has 1 N–H and O–H groups in total. The van der Waals surface area contributed by atoms with Crippen LogP contribution in [0, 0.1) is 30.9 Å². The van der Waals surface area contributed by atoms with Gasteiger partial charge in [0.05, 0.1) is 11.0 Å². The van der Waals surface area contributed by atoms with E-state index in [1.165, 1.54) is 17.7 Å². The van der Waals surface area contributed by atoms with E-state index in [0.717, 1.165) is 11.1 Å². The maximum absolute atomic E-state index is 12.4. The summed E-state index contributed by atoms with van der Waals surface area (Å²) in [5, 5.41) is 13.9. The third-order valence-electron chi connectivity index (χ3n) is 4.13. The summed E-state index contributed by atoms with van der Waals surface area (Å²) < 4.78 is 0. The Balaban J connectivity index is 2.23. The van der Waals surface area contributed by atoms with Crippen molar-refractivity contribution in [1.82, 2.24) is 5.32 Å². The number of amides is 1. The van der Waals surface area contributed by atoms with E-state index >= 15 is 0 Å². The molecule has 2 aromatic rings. The number of carbonyl (C=O) groups is 1. The van der Waals surface area contributed by atoms with E-state index < -0.39 is 4.92 Å². The van der Waals surface area contributed by atoms with E-state index in [2.05, 4.69) is 5.32 Å². The van der Waals surface area contributed by atoms with Crippen molar-refractivity contribution in [2.24, 2.45) is 0 Å². The Morgan fingerprint density at radius 2 is 1.83 bits per heavy atom. The first-order valence-electron chi connectivity index (χ1n) is 7.43. The first kappa shape index (κ1) is 16.7. The van der Waals surface area contributed by atoms with Crippen molar-refractivity contribution in [2.45, 2.75) is 33.7 Å². The zero-order valence-electron chi connectivity index (χ0n) is 13.7. The fraction of sp³-hybridized carbons (Fsp3) is 0.278. The smallest absolute Gasteiger partial charge is 0.273 e. The highest BCUT2D eigenvalue weighted by molar-refractivity contribution is 5.96. The van der Waals surface area contributed by atoms with E-state index in [-0.39, 0.29) is 17.6 Å². The fourth-order valence-corrected chi connectivity index (χ4v) is 2.46. The molecule has 0 saturated heterocycles. The minimum atomic E-state index is -0.473. The van der Waals surface area contributed by atoms with E-state index in [1.807, 2.05) is 39.0 Å². The number of nitrogens with zero attached hydrogens (tertiary/aromatic N) is 1. The molecule has 0 aliphatic carbocycles. The average Bonchev–Trinajstić information content (AvgIpc) is 2.49. The van der Waals surface area contributed by atoms with Gasteiger partial charge in [-0.25, -0.2) is 0 Å². The van der Waals surface area contributed by atoms with Crippen LogP contribution in [0.25, 0.3) is 0 Å². The van der Waals surface area contributed by atoms with Gasteiger partial charge in [0.1, 0.15) is 0 Å². The van der Waals surface area contributed by atoms with E-state index in [4.69, 9.17) is 0 Å². The zero-order valence-corrected chi connectivity index (χ0v) is 13.7. The van der Waals surface area contributed by atoms with Crippen LogP contribution in [0.2, 0.25) is 0 Å². The van der Waals surface area contributed by atoms with Crippen LogP contribution < -0.4 is 5.32 Å². The predicted molar refractivity (Wildman–Crippen MR) is 89.6 cm³/mol. The topological polar surface area (TPSA) is 72.2 Å². The highest BCUT2D eigenvalue weighted by Crippen LogP contribution is 2.22. The second-order valence-corrected chi connectivity index (χ2v) is 5.75. The van der Waals surface area contributed by atoms with Crippen molar-refractivity contribution in [1.29, 1.82) is 0 Å². The molecule has 0 radical (unpaired) electrons. The Morgan fingerprint density at radius 1 is 1.13 bits per heavy atom. The summed E-state index contributed by atoms with van der Waals surface area (Å²) in [6, 6.07) is 10.4. The fourth-order valence-electron chi connectivity index (χ4n) is 2.46. The van der Waals surface area contributed by atoms with E-state index in [0.29, 0.717) is 11.1 Å². The van der Waals surface area contributed by atoms with Crippen LogP contribution in [0.1, 0.15) is 45.6 Å². The first-order chi connectivity index (χ1) is 10.8. The van der Waals surface area contributed by atoms with Gasteiger partial charge in [0.2, 0.25) is 0 Å². The summed E-state index contributed by atoms with van der Waals surface area (Å²) in [4.78, 5) is 23.0. The number of nitro benzene ring substituents is 1. The molecule has 0 saturated carbocycles. The van der Waals surface area contributed by atoms with Crippen molar-refractivity contribution in [3.8, 4) is 0 Å². The van der Waals surface area contributed by atoms with Crippen molar-refractivity contribution < 1.29 is 9.72 Å². The van der Waals surface area contributed by atoms with Crippen LogP contribution in [0.5, 0.6) is 0 Å². The molecular formula is C18H20N2O3. The molecule has 1 unspecified atom stereocenters. The van der Waals surface area contributed by atoms with Gasteiger partial charge in [-0.15, -0.1) is 0 Å². The molecule has 0 heterocycles. The third-order valence-corrected chi connectivity index (χ3v) is 4.13. The van der Waals surface area contributed by atoms with Gasteiger partial charge < -0.3 is 5.32 Å². The number of aryl methyl sites for hydroxylation is 2. The molecule has 1 amide bonds. The molecule has 5 heteroatoms. The predicted octanol–water partition coefficient (Wildman–Crippen LogP) is 4.01. The van der Waals surface area contributed by atoms with E-state index in [9.17, 15) is 14.9 Å². The normalized spacial score (nSPS) is 11.8. The van der Waals surface area contributed by atoms with Gasteiger partial charge in [-0.3, -0.25) is 14.9 Å². The van der Waals surface area contributed by atoms with Gasteiger partial charge in [-0.1, -0.05) is 24.3 Å². The second kappa shape index (κ2) is 6.60. The number of nitro groups is 1. The van der Waals surface area contributed by atoms with Gasteiger partial charge >= 0.3 is 0 Å². The molecule has 1 atom stereocenters. The third kappa shape index (κ3) is 3.56. The molecule has 0 bridgehead atoms. The lowest BCUT2D eigenvalue weighted by atomic mass is 10.0. The summed E-state index contributed by atoms with van der Waals surface area (Å²) in [7, 11) is 0. The lowest BCUT2D eigenvalue weighted by Gasteiger charge is -2.16. The highest BCUT2D eigenvalue weighted by atomic mass is 16.6. The summed E-state index contributed by atoms with van der Waals surface area (Å²) in [6.07, 6.45) is 0. The van der Waals surface area contributed by atoms with E-state index in [1.54, 1.807) is 13.0 Å². The molecule has 0 aliphatic heterocycles. The van der Waals surface area contributed by atoms with Gasteiger partial charge in [0, 0.05) is 17.2 Å².